The van der Waals surface area contributed by atoms with E-state index in [0.29, 0.717) is 19.2 Å². The highest BCUT2D eigenvalue weighted by Crippen LogP contribution is 2.33. The lowest BCUT2D eigenvalue weighted by molar-refractivity contribution is 0.171. The summed E-state index contributed by atoms with van der Waals surface area (Å²) in [5.74, 6) is 2.93. The number of nitrogens with zero attached hydrogens (tertiary/aromatic N) is 2. The number of hydrogen-bond donors (Lipinski definition) is 2. The first-order valence-electron chi connectivity index (χ1n) is 8.09. The molecule has 0 spiro atoms. The summed E-state index contributed by atoms with van der Waals surface area (Å²) >= 11 is 0. The number of unbranched alkanes of at least 4 members (excludes halogenated alkanes) is 2. The minimum atomic E-state index is 0.579. The second kappa shape index (κ2) is 7.67. The smallest absolute Gasteiger partial charge is 0.224 e. The molecule has 6 heteroatoms. The molecule has 0 atom stereocenters. The van der Waals surface area contributed by atoms with Crippen LogP contribution in [-0.2, 0) is 0 Å². The van der Waals surface area contributed by atoms with Crippen LogP contribution in [0.25, 0.3) is 0 Å². The fraction of sp³-hybridized carbons (Fsp3) is 0.412. The number of aromatic nitrogens is 2. The molecule has 23 heavy (non-hydrogen) atoms. The molecule has 0 aliphatic carbocycles. The van der Waals surface area contributed by atoms with E-state index in [2.05, 4.69) is 27.5 Å². The van der Waals surface area contributed by atoms with Crippen molar-refractivity contribution in [2.75, 3.05) is 30.4 Å². The van der Waals surface area contributed by atoms with Crippen LogP contribution in [0.1, 0.15) is 26.2 Å². The van der Waals surface area contributed by atoms with Crippen molar-refractivity contribution in [1.82, 2.24) is 9.97 Å². The van der Waals surface area contributed by atoms with Gasteiger partial charge in [-0.1, -0.05) is 19.8 Å². The molecule has 1 aliphatic heterocycles. The SMILES string of the molecule is CCCCCNc1nccc(Nc2ccc3c(c2)OCCO3)n1. The number of rotatable bonds is 7. The molecule has 122 valence electrons. The van der Waals surface area contributed by atoms with Gasteiger partial charge in [-0.25, -0.2) is 4.98 Å². The van der Waals surface area contributed by atoms with Crippen molar-refractivity contribution in [3.8, 4) is 11.5 Å². The number of ether oxygens (including phenoxy) is 2. The van der Waals surface area contributed by atoms with Gasteiger partial charge >= 0.3 is 0 Å². The van der Waals surface area contributed by atoms with Crippen LogP contribution in [-0.4, -0.2) is 29.7 Å². The molecule has 1 aromatic carbocycles. The highest BCUT2D eigenvalue weighted by Gasteiger charge is 2.12. The van der Waals surface area contributed by atoms with E-state index in [1.54, 1.807) is 6.20 Å². The monoisotopic (exact) mass is 314 g/mol. The van der Waals surface area contributed by atoms with Gasteiger partial charge in [-0.2, -0.15) is 4.98 Å². The van der Waals surface area contributed by atoms with Gasteiger partial charge < -0.3 is 20.1 Å². The molecule has 1 aromatic heterocycles. The van der Waals surface area contributed by atoms with Crippen LogP contribution >= 0.6 is 0 Å². The maximum atomic E-state index is 5.59. The molecule has 3 rings (SSSR count). The van der Waals surface area contributed by atoms with E-state index in [-0.39, 0.29) is 0 Å². The minimum absolute atomic E-state index is 0.579. The lowest BCUT2D eigenvalue weighted by atomic mass is 10.2. The van der Waals surface area contributed by atoms with Gasteiger partial charge in [0.15, 0.2) is 11.5 Å². The Hall–Kier alpha value is -2.50. The third-order valence-corrected chi connectivity index (χ3v) is 3.53. The van der Waals surface area contributed by atoms with Gasteiger partial charge in [-0.3, -0.25) is 0 Å². The quantitative estimate of drug-likeness (QED) is 0.761. The lowest BCUT2D eigenvalue weighted by Crippen LogP contribution is -2.15. The molecule has 0 bridgehead atoms. The van der Waals surface area contributed by atoms with Gasteiger partial charge in [-0.15, -0.1) is 0 Å². The average Bonchev–Trinajstić information content (AvgIpc) is 2.59. The molecule has 0 amide bonds. The molecule has 0 radical (unpaired) electrons. The highest BCUT2D eigenvalue weighted by molar-refractivity contribution is 5.62. The maximum Gasteiger partial charge on any atom is 0.224 e. The lowest BCUT2D eigenvalue weighted by Gasteiger charge is -2.19. The normalized spacial score (nSPS) is 12.7. The summed E-state index contributed by atoms with van der Waals surface area (Å²) in [5, 5.41) is 6.52. The van der Waals surface area contributed by atoms with Crippen LogP contribution in [0.15, 0.2) is 30.5 Å². The summed E-state index contributed by atoms with van der Waals surface area (Å²) in [5.41, 5.74) is 0.907. The van der Waals surface area contributed by atoms with Gasteiger partial charge in [0.1, 0.15) is 19.0 Å². The second-order valence-corrected chi connectivity index (χ2v) is 5.38. The average molecular weight is 314 g/mol. The first-order chi connectivity index (χ1) is 11.3. The van der Waals surface area contributed by atoms with E-state index in [1.165, 1.54) is 12.8 Å². The molecule has 0 saturated carbocycles. The molecule has 2 heterocycles. The van der Waals surface area contributed by atoms with E-state index in [1.807, 2.05) is 24.3 Å². The second-order valence-electron chi connectivity index (χ2n) is 5.38. The molecule has 0 fully saturated rings. The number of hydrogen-bond acceptors (Lipinski definition) is 6. The van der Waals surface area contributed by atoms with Crippen LogP contribution < -0.4 is 20.1 Å². The van der Waals surface area contributed by atoms with E-state index in [0.717, 1.165) is 36.0 Å². The fourth-order valence-corrected chi connectivity index (χ4v) is 2.36. The van der Waals surface area contributed by atoms with Gasteiger partial charge in [-0.05, 0) is 24.6 Å². The maximum absolute atomic E-state index is 5.59. The molecule has 2 aromatic rings. The van der Waals surface area contributed by atoms with Crippen molar-refractivity contribution in [3.05, 3.63) is 30.5 Å². The van der Waals surface area contributed by atoms with Gasteiger partial charge in [0, 0.05) is 24.5 Å². The Morgan fingerprint density at radius 1 is 1.09 bits per heavy atom. The Kier molecular flexibility index (Phi) is 5.13. The zero-order valence-corrected chi connectivity index (χ0v) is 13.3. The number of benzene rings is 1. The van der Waals surface area contributed by atoms with Gasteiger partial charge in [0.05, 0.1) is 0 Å². The summed E-state index contributed by atoms with van der Waals surface area (Å²) < 4.78 is 11.1. The Morgan fingerprint density at radius 3 is 2.83 bits per heavy atom. The van der Waals surface area contributed by atoms with Crippen molar-refractivity contribution in [1.29, 1.82) is 0 Å². The van der Waals surface area contributed by atoms with Crippen LogP contribution in [0.4, 0.5) is 17.5 Å². The van der Waals surface area contributed by atoms with Crippen molar-refractivity contribution in [2.24, 2.45) is 0 Å². The first kappa shape index (κ1) is 15.4. The Morgan fingerprint density at radius 2 is 1.96 bits per heavy atom. The van der Waals surface area contributed by atoms with Gasteiger partial charge in [0.25, 0.3) is 0 Å². The van der Waals surface area contributed by atoms with E-state index >= 15 is 0 Å². The topological polar surface area (TPSA) is 68.3 Å². The highest BCUT2D eigenvalue weighted by atomic mass is 16.6. The van der Waals surface area contributed by atoms with Gasteiger partial charge in [0.2, 0.25) is 5.95 Å². The zero-order valence-electron chi connectivity index (χ0n) is 13.3. The number of fused-ring (bicyclic) bond motifs is 1. The standard InChI is InChI=1S/C17H22N4O2/c1-2-3-4-8-18-17-19-9-7-16(21-17)20-13-5-6-14-15(12-13)23-11-10-22-14/h5-7,9,12H,2-4,8,10-11H2,1H3,(H2,18,19,20,21). The van der Waals surface area contributed by atoms with E-state index in [9.17, 15) is 0 Å². The van der Waals surface area contributed by atoms with Crippen LogP contribution in [0.3, 0.4) is 0 Å². The Balaban J connectivity index is 1.63. The largest absolute Gasteiger partial charge is 0.486 e. The fourth-order valence-electron chi connectivity index (χ4n) is 2.36. The summed E-state index contributed by atoms with van der Waals surface area (Å²) in [6, 6.07) is 7.62. The molecule has 6 nitrogen and oxygen atoms in total. The molecular formula is C17H22N4O2. The van der Waals surface area contributed by atoms with Crippen molar-refractivity contribution in [2.45, 2.75) is 26.2 Å². The van der Waals surface area contributed by atoms with E-state index < -0.39 is 0 Å². The van der Waals surface area contributed by atoms with Crippen molar-refractivity contribution >= 4 is 17.5 Å². The summed E-state index contributed by atoms with van der Waals surface area (Å²) in [6.45, 7) is 4.25. The van der Waals surface area contributed by atoms with Crippen LogP contribution in [0.5, 0.6) is 11.5 Å². The molecule has 0 saturated heterocycles. The minimum Gasteiger partial charge on any atom is -0.486 e. The van der Waals surface area contributed by atoms with Crippen molar-refractivity contribution < 1.29 is 9.47 Å². The first-order valence-corrected chi connectivity index (χ1v) is 8.09. The predicted molar refractivity (Wildman–Crippen MR) is 90.8 cm³/mol. The summed E-state index contributed by atoms with van der Waals surface area (Å²) in [6.07, 6.45) is 5.28. The summed E-state index contributed by atoms with van der Waals surface area (Å²) in [7, 11) is 0. The number of anilines is 3. The zero-order chi connectivity index (χ0) is 15.9. The Bertz CT molecular complexity index is 648. The third kappa shape index (κ3) is 4.25. The molecule has 1 aliphatic rings. The van der Waals surface area contributed by atoms with E-state index in [4.69, 9.17) is 9.47 Å². The van der Waals surface area contributed by atoms with Crippen LogP contribution in [0.2, 0.25) is 0 Å². The van der Waals surface area contributed by atoms with Crippen molar-refractivity contribution in [3.63, 3.8) is 0 Å². The van der Waals surface area contributed by atoms with Crippen LogP contribution in [0, 0.1) is 0 Å². The third-order valence-electron chi connectivity index (χ3n) is 3.53. The number of nitrogens with one attached hydrogen (secondary N) is 2. The molecule has 0 unspecified atom stereocenters. The predicted octanol–water partition coefficient (Wildman–Crippen LogP) is 3.59. The molecular weight excluding hydrogens is 292 g/mol. The molecule has 2 N–H and O–H groups in total. The Labute approximate surface area is 136 Å². The summed E-state index contributed by atoms with van der Waals surface area (Å²) in [4.78, 5) is 8.71.